The number of rotatable bonds is 5. The number of imide groups is 1. The average molecular weight is 433 g/mol. The highest BCUT2D eigenvalue weighted by Gasteiger charge is 2.60. The zero-order chi connectivity index (χ0) is 22.0. The minimum Gasteiger partial charge on any atom is -0.377 e. The summed E-state index contributed by atoms with van der Waals surface area (Å²) in [7, 11) is 0. The standard InChI is InChI=1S/C22H27NO8/c1-21(2)28-15-14(27-20-17(16(15)29-21)30-22(3,4)31-20)11-26-10-9-23-18(24)12-7-5-6-8-13(12)19(23)25/h5-8,14-17,20H,9-11H2,1-4H3. The minimum atomic E-state index is -0.781. The number of fused-ring (bicyclic) bond motifs is 4. The molecule has 4 aliphatic heterocycles. The van der Waals surface area contributed by atoms with E-state index in [0.29, 0.717) is 11.1 Å². The van der Waals surface area contributed by atoms with Gasteiger partial charge in [-0.3, -0.25) is 14.5 Å². The Morgan fingerprint density at radius 2 is 1.45 bits per heavy atom. The van der Waals surface area contributed by atoms with Crippen LogP contribution in [0.25, 0.3) is 0 Å². The lowest BCUT2D eigenvalue weighted by Crippen LogP contribution is -2.56. The van der Waals surface area contributed by atoms with E-state index >= 15 is 0 Å². The van der Waals surface area contributed by atoms with Gasteiger partial charge in [0.1, 0.15) is 24.4 Å². The van der Waals surface area contributed by atoms with E-state index in [0.717, 1.165) is 0 Å². The smallest absolute Gasteiger partial charge is 0.261 e. The predicted molar refractivity (Wildman–Crippen MR) is 105 cm³/mol. The molecule has 2 amide bonds. The number of carbonyl (C=O) groups is 2. The largest absolute Gasteiger partial charge is 0.377 e. The van der Waals surface area contributed by atoms with Gasteiger partial charge in [0, 0.05) is 0 Å². The second-order valence-corrected chi connectivity index (χ2v) is 9.09. The van der Waals surface area contributed by atoms with Crippen molar-refractivity contribution >= 4 is 11.8 Å². The van der Waals surface area contributed by atoms with Crippen molar-refractivity contribution in [3.05, 3.63) is 35.4 Å². The fourth-order valence-corrected chi connectivity index (χ4v) is 4.63. The van der Waals surface area contributed by atoms with Crippen molar-refractivity contribution in [1.82, 2.24) is 4.90 Å². The molecule has 5 atom stereocenters. The first-order chi connectivity index (χ1) is 14.7. The molecular weight excluding hydrogens is 406 g/mol. The molecule has 0 spiro atoms. The van der Waals surface area contributed by atoms with E-state index < -0.39 is 30.1 Å². The van der Waals surface area contributed by atoms with Crippen LogP contribution in [0.4, 0.5) is 0 Å². The topological polar surface area (TPSA) is 92.8 Å². The van der Waals surface area contributed by atoms with Crippen LogP contribution >= 0.6 is 0 Å². The van der Waals surface area contributed by atoms with Crippen LogP contribution in [0.5, 0.6) is 0 Å². The summed E-state index contributed by atoms with van der Waals surface area (Å²) in [5.74, 6) is -2.15. The van der Waals surface area contributed by atoms with Gasteiger partial charge in [-0.2, -0.15) is 0 Å². The summed E-state index contributed by atoms with van der Waals surface area (Å²) < 4.78 is 35.9. The number of hydrogen-bond donors (Lipinski definition) is 0. The van der Waals surface area contributed by atoms with E-state index in [4.69, 9.17) is 28.4 Å². The van der Waals surface area contributed by atoms with Gasteiger partial charge >= 0.3 is 0 Å². The van der Waals surface area contributed by atoms with Crippen LogP contribution in [-0.2, 0) is 28.4 Å². The average Bonchev–Trinajstić information content (AvgIpc) is 3.28. The summed E-state index contributed by atoms with van der Waals surface area (Å²) in [6.45, 7) is 7.91. The molecule has 3 fully saturated rings. The third kappa shape index (κ3) is 3.69. The van der Waals surface area contributed by atoms with Gasteiger partial charge in [-0.25, -0.2) is 0 Å². The molecule has 0 radical (unpaired) electrons. The SMILES string of the molecule is CC1(C)OC2OC(COCCN3C(=O)c4ccccc4C3=O)C3OC(C)(C)OC3C2O1. The molecule has 168 valence electrons. The van der Waals surface area contributed by atoms with E-state index in [1.54, 1.807) is 24.3 Å². The highest BCUT2D eigenvalue weighted by atomic mass is 16.9. The lowest BCUT2D eigenvalue weighted by Gasteiger charge is -2.37. The Kier molecular flexibility index (Phi) is 4.96. The molecule has 9 heteroatoms. The van der Waals surface area contributed by atoms with Gasteiger partial charge in [-0.1, -0.05) is 12.1 Å². The lowest BCUT2D eigenvalue weighted by molar-refractivity contribution is -0.243. The van der Waals surface area contributed by atoms with Gasteiger partial charge in [0.2, 0.25) is 0 Å². The third-order valence-corrected chi connectivity index (χ3v) is 5.87. The van der Waals surface area contributed by atoms with E-state index in [9.17, 15) is 9.59 Å². The molecule has 4 aliphatic rings. The van der Waals surface area contributed by atoms with Crippen LogP contribution in [0.15, 0.2) is 24.3 Å². The number of nitrogens with zero attached hydrogens (tertiary/aromatic N) is 1. The minimum absolute atomic E-state index is 0.161. The lowest BCUT2D eigenvalue weighted by atomic mass is 9.99. The number of carbonyl (C=O) groups excluding carboxylic acids is 2. The summed E-state index contributed by atoms with van der Waals surface area (Å²) in [6, 6.07) is 6.81. The van der Waals surface area contributed by atoms with Crippen molar-refractivity contribution in [3.8, 4) is 0 Å². The number of hydrogen-bond acceptors (Lipinski definition) is 8. The Balaban J connectivity index is 1.20. The molecular formula is C22H27NO8. The highest BCUT2D eigenvalue weighted by molar-refractivity contribution is 6.21. The summed E-state index contributed by atoms with van der Waals surface area (Å²) in [4.78, 5) is 26.1. The molecule has 1 aromatic carbocycles. The molecule has 0 bridgehead atoms. The first-order valence-corrected chi connectivity index (χ1v) is 10.5. The molecule has 5 unspecified atom stereocenters. The predicted octanol–water partition coefficient (Wildman–Crippen LogP) is 1.70. The zero-order valence-electron chi connectivity index (χ0n) is 18.0. The maximum absolute atomic E-state index is 12.5. The molecule has 0 saturated carbocycles. The number of benzene rings is 1. The van der Waals surface area contributed by atoms with Gasteiger partial charge in [-0.05, 0) is 39.8 Å². The Bertz CT molecular complexity index is 864. The fourth-order valence-electron chi connectivity index (χ4n) is 4.63. The molecule has 4 heterocycles. The van der Waals surface area contributed by atoms with Crippen molar-refractivity contribution in [1.29, 1.82) is 0 Å². The highest BCUT2D eigenvalue weighted by Crippen LogP contribution is 2.44. The van der Waals surface area contributed by atoms with Gasteiger partial charge in [0.25, 0.3) is 11.8 Å². The van der Waals surface area contributed by atoms with Crippen LogP contribution in [0, 0.1) is 0 Å². The van der Waals surface area contributed by atoms with Crippen molar-refractivity contribution in [2.45, 2.75) is 70.0 Å². The molecule has 1 aromatic rings. The Morgan fingerprint density at radius 3 is 2.13 bits per heavy atom. The maximum Gasteiger partial charge on any atom is 0.261 e. The summed E-state index contributed by atoms with van der Waals surface area (Å²) in [5.41, 5.74) is 0.855. The Hall–Kier alpha value is -1.88. The Morgan fingerprint density at radius 1 is 0.871 bits per heavy atom. The second-order valence-electron chi connectivity index (χ2n) is 9.09. The van der Waals surface area contributed by atoms with Crippen molar-refractivity contribution in [2.75, 3.05) is 19.8 Å². The molecule has 0 N–H and O–H groups in total. The van der Waals surface area contributed by atoms with E-state index in [-0.39, 0.29) is 43.8 Å². The first-order valence-electron chi connectivity index (χ1n) is 10.5. The van der Waals surface area contributed by atoms with Gasteiger partial charge < -0.3 is 28.4 Å². The van der Waals surface area contributed by atoms with Gasteiger partial charge in [0.05, 0.1) is 30.9 Å². The molecule has 5 rings (SSSR count). The van der Waals surface area contributed by atoms with Gasteiger partial charge in [-0.15, -0.1) is 0 Å². The maximum atomic E-state index is 12.5. The number of ether oxygens (including phenoxy) is 6. The van der Waals surface area contributed by atoms with Crippen LogP contribution < -0.4 is 0 Å². The van der Waals surface area contributed by atoms with E-state index in [1.807, 2.05) is 27.7 Å². The van der Waals surface area contributed by atoms with Crippen molar-refractivity contribution in [2.24, 2.45) is 0 Å². The van der Waals surface area contributed by atoms with Crippen LogP contribution in [-0.4, -0.2) is 78.8 Å². The first kappa shape index (κ1) is 21.0. The fraction of sp³-hybridized carbons (Fsp3) is 0.636. The summed E-state index contributed by atoms with van der Waals surface area (Å²) >= 11 is 0. The molecule has 31 heavy (non-hydrogen) atoms. The summed E-state index contributed by atoms with van der Waals surface area (Å²) in [5, 5.41) is 0. The van der Waals surface area contributed by atoms with Crippen LogP contribution in [0.3, 0.4) is 0 Å². The third-order valence-electron chi connectivity index (χ3n) is 5.87. The molecule has 9 nitrogen and oxygen atoms in total. The zero-order valence-corrected chi connectivity index (χ0v) is 18.0. The molecule has 3 saturated heterocycles. The molecule has 0 aromatic heterocycles. The molecule has 0 aliphatic carbocycles. The quantitative estimate of drug-likeness (QED) is 0.512. The van der Waals surface area contributed by atoms with Crippen LogP contribution in [0.2, 0.25) is 0 Å². The van der Waals surface area contributed by atoms with Crippen molar-refractivity contribution < 1.29 is 38.0 Å². The van der Waals surface area contributed by atoms with E-state index in [1.165, 1.54) is 4.90 Å². The second kappa shape index (κ2) is 7.33. The normalized spacial score (nSPS) is 35.2. The summed E-state index contributed by atoms with van der Waals surface area (Å²) in [6.07, 6.45) is -2.14. The Labute approximate surface area is 180 Å². The van der Waals surface area contributed by atoms with E-state index in [2.05, 4.69) is 0 Å². The number of amides is 2. The van der Waals surface area contributed by atoms with Gasteiger partial charge in [0.15, 0.2) is 17.9 Å². The van der Waals surface area contributed by atoms with Crippen molar-refractivity contribution in [3.63, 3.8) is 0 Å². The van der Waals surface area contributed by atoms with Crippen LogP contribution in [0.1, 0.15) is 48.4 Å². The monoisotopic (exact) mass is 433 g/mol.